The van der Waals surface area contributed by atoms with Gasteiger partial charge in [0.2, 0.25) is 0 Å². The van der Waals surface area contributed by atoms with Gasteiger partial charge in [0.15, 0.2) is 5.78 Å². The topological polar surface area (TPSA) is 66.5 Å². The van der Waals surface area contributed by atoms with Crippen molar-refractivity contribution in [2.45, 2.75) is 44.6 Å². The molecule has 2 aliphatic rings. The van der Waals surface area contributed by atoms with Crippen molar-refractivity contribution in [1.82, 2.24) is 10.2 Å². The predicted molar refractivity (Wildman–Crippen MR) is 111 cm³/mol. The Labute approximate surface area is 171 Å². The third-order valence-electron chi connectivity index (χ3n) is 6.40. The lowest BCUT2D eigenvalue weighted by molar-refractivity contribution is -0.132. The van der Waals surface area contributed by atoms with E-state index in [0.29, 0.717) is 24.3 Å². The van der Waals surface area contributed by atoms with Crippen LogP contribution in [0.1, 0.15) is 49.4 Å². The van der Waals surface area contributed by atoms with Crippen molar-refractivity contribution >= 4 is 17.7 Å². The SMILES string of the molecule is CCC1CCC2(CC1)NC(=O)N(CC(=O)c1ccc(-c3ccccc3)cc1)C2=O. The molecule has 2 fully saturated rings. The highest BCUT2D eigenvalue weighted by atomic mass is 16.2. The number of rotatable bonds is 5. The molecule has 1 saturated carbocycles. The molecule has 5 nitrogen and oxygen atoms in total. The van der Waals surface area contributed by atoms with Crippen molar-refractivity contribution in [3.8, 4) is 11.1 Å². The Hall–Kier alpha value is -2.95. The number of carbonyl (C=O) groups excluding carboxylic acids is 3. The normalized spacial score (nSPS) is 24.0. The lowest BCUT2D eigenvalue weighted by Gasteiger charge is -2.34. The van der Waals surface area contributed by atoms with E-state index in [1.807, 2.05) is 42.5 Å². The Morgan fingerprint density at radius 1 is 1.00 bits per heavy atom. The largest absolute Gasteiger partial charge is 0.325 e. The summed E-state index contributed by atoms with van der Waals surface area (Å²) in [6, 6.07) is 16.8. The van der Waals surface area contributed by atoms with Crippen molar-refractivity contribution in [1.29, 1.82) is 0 Å². The summed E-state index contributed by atoms with van der Waals surface area (Å²) < 4.78 is 0. The molecule has 0 aromatic heterocycles. The van der Waals surface area contributed by atoms with Crippen LogP contribution in [0.3, 0.4) is 0 Å². The zero-order valence-corrected chi connectivity index (χ0v) is 16.7. The van der Waals surface area contributed by atoms with Crippen molar-refractivity contribution in [2.75, 3.05) is 6.54 Å². The molecule has 0 unspecified atom stereocenters. The van der Waals surface area contributed by atoms with Gasteiger partial charge in [-0.1, -0.05) is 67.9 Å². The first-order chi connectivity index (χ1) is 14.0. The van der Waals surface area contributed by atoms with Gasteiger partial charge in [-0.15, -0.1) is 0 Å². The van der Waals surface area contributed by atoms with Gasteiger partial charge in [0.25, 0.3) is 5.91 Å². The van der Waals surface area contributed by atoms with Crippen LogP contribution in [-0.2, 0) is 4.79 Å². The monoisotopic (exact) mass is 390 g/mol. The molecule has 4 rings (SSSR count). The molecular formula is C24H26N2O3. The van der Waals surface area contributed by atoms with Gasteiger partial charge in [-0.05, 0) is 42.7 Å². The van der Waals surface area contributed by atoms with Crippen LogP contribution in [0.25, 0.3) is 11.1 Å². The highest BCUT2D eigenvalue weighted by molar-refractivity contribution is 6.11. The van der Waals surface area contributed by atoms with Crippen molar-refractivity contribution in [2.24, 2.45) is 5.92 Å². The van der Waals surface area contributed by atoms with Crippen LogP contribution in [-0.4, -0.2) is 34.7 Å². The second-order valence-corrected chi connectivity index (χ2v) is 8.12. The van der Waals surface area contributed by atoms with Crippen LogP contribution < -0.4 is 5.32 Å². The average Bonchev–Trinajstić information content (AvgIpc) is 2.99. The summed E-state index contributed by atoms with van der Waals surface area (Å²) in [6.45, 7) is 1.94. The molecule has 1 N–H and O–H groups in total. The molecule has 0 bridgehead atoms. The molecule has 1 spiro atoms. The second-order valence-electron chi connectivity index (χ2n) is 8.12. The summed E-state index contributed by atoms with van der Waals surface area (Å²) in [7, 11) is 0. The molecule has 150 valence electrons. The van der Waals surface area contributed by atoms with E-state index in [9.17, 15) is 14.4 Å². The van der Waals surface area contributed by atoms with E-state index < -0.39 is 11.6 Å². The van der Waals surface area contributed by atoms with Gasteiger partial charge >= 0.3 is 6.03 Å². The van der Waals surface area contributed by atoms with Gasteiger partial charge in [-0.25, -0.2) is 4.79 Å². The Kier molecular flexibility index (Phi) is 5.22. The molecular weight excluding hydrogens is 364 g/mol. The van der Waals surface area contributed by atoms with Crippen LogP contribution in [0.4, 0.5) is 4.79 Å². The van der Waals surface area contributed by atoms with Crippen molar-refractivity contribution < 1.29 is 14.4 Å². The summed E-state index contributed by atoms with van der Waals surface area (Å²) in [5.74, 6) is 0.142. The number of hydrogen-bond donors (Lipinski definition) is 1. The Bertz CT molecular complexity index is 913. The van der Waals surface area contributed by atoms with E-state index in [-0.39, 0.29) is 18.2 Å². The zero-order chi connectivity index (χ0) is 20.4. The summed E-state index contributed by atoms with van der Waals surface area (Å²) in [4.78, 5) is 39.3. The fourth-order valence-electron chi connectivity index (χ4n) is 4.45. The van der Waals surface area contributed by atoms with E-state index in [0.717, 1.165) is 35.3 Å². The number of Topliss-reactive ketones (excluding diaryl/α,β-unsaturated/α-hetero) is 1. The van der Waals surface area contributed by atoms with Gasteiger partial charge in [0.05, 0.1) is 6.54 Å². The maximum absolute atomic E-state index is 13.0. The van der Waals surface area contributed by atoms with E-state index in [1.165, 1.54) is 0 Å². The molecule has 2 aromatic rings. The second kappa shape index (κ2) is 7.82. The highest BCUT2D eigenvalue weighted by Crippen LogP contribution is 2.37. The number of nitrogens with one attached hydrogen (secondary N) is 1. The van der Waals surface area contributed by atoms with Gasteiger partial charge in [0, 0.05) is 5.56 Å². The maximum atomic E-state index is 13.0. The first-order valence-electron chi connectivity index (χ1n) is 10.4. The van der Waals surface area contributed by atoms with Crippen molar-refractivity contribution in [3.63, 3.8) is 0 Å². The number of carbonyl (C=O) groups is 3. The predicted octanol–water partition coefficient (Wildman–Crippen LogP) is 4.43. The molecule has 1 aliphatic heterocycles. The molecule has 1 saturated heterocycles. The first-order valence-corrected chi connectivity index (χ1v) is 10.4. The van der Waals surface area contributed by atoms with Crippen molar-refractivity contribution in [3.05, 3.63) is 60.2 Å². The van der Waals surface area contributed by atoms with E-state index in [4.69, 9.17) is 0 Å². The van der Waals surface area contributed by atoms with Crippen LogP contribution in [0.15, 0.2) is 54.6 Å². The smallest absolute Gasteiger partial charge is 0.323 e. The molecule has 29 heavy (non-hydrogen) atoms. The molecule has 0 atom stereocenters. The van der Waals surface area contributed by atoms with E-state index in [1.54, 1.807) is 12.1 Å². The van der Waals surface area contributed by atoms with E-state index in [2.05, 4.69) is 12.2 Å². The highest BCUT2D eigenvalue weighted by Gasteiger charge is 2.52. The summed E-state index contributed by atoms with van der Waals surface area (Å²) in [5.41, 5.74) is 1.79. The molecule has 3 amide bonds. The third kappa shape index (κ3) is 3.69. The summed E-state index contributed by atoms with van der Waals surface area (Å²) in [5, 5.41) is 2.89. The summed E-state index contributed by atoms with van der Waals surface area (Å²) in [6.07, 6.45) is 4.29. The standard InChI is InChI=1S/C24H26N2O3/c1-2-17-12-14-24(15-13-17)22(28)26(23(29)25-24)16-21(27)20-10-8-19(9-11-20)18-6-4-3-5-7-18/h3-11,17H,2,12-16H2,1H3,(H,25,29). The van der Waals surface area contributed by atoms with Crippen LogP contribution in [0.2, 0.25) is 0 Å². The molecule has 2 aromatic carbocycles. The third-order valence-corrected chi connectivity index (χ3v) is 6.40. The minimum Gasteiger partial charge on any atom is -0.323 e. The quantitative estimate of drug-likeness (QED) is 0.607. The number of imide groups is 1. The first kappa shape index (κ1) is 19.4. The maximum Gasteiger partial charge on any atom is 0.325 e. The Morgan fingerprint density at radius 2 is 1.62 bits per heavy atom. The van der Waals surface area contributed by atoms with Gasteiger partial charge in [-0.3, -0.25) is 14.5 Å². The molecule has 1 heterocycles. The average molecular weight is 390 g/mol. The lowest BCUT2D eigenvalue weighted by Crippen LogP contribution is -2.49. The number of ketones is 1. The molecule has 5 heteroatoms. The van der Waals surface area contributed by atoms with E-state index >= 15 is 0 Å². The van der Waals surface area contributed by atoms with Crippen LogP contribution in [0.5, 0.6) is 0 Å². The zero-order valence-electron chi connectivity index (χ0n) is 16.7. The minimum absolute atomic E-state index is 0.214. The summed E-state index contributed by atoms with van der Waals surface area (Å²) >= 11 is 0. The van der Waals surface area contributed by atoms with Crippen LogP contribution in [0, 0.1) is 5.92 Å². The molecule has 1 aliphatic carbocycles. The lowest BCUT2D eigenvalue weighted by atomic mass is 9.75. The van der Waals surface area contributed by atoms with Gasteiger partial charge in [0.1, 0.15) is 5.54 Å². The number of hydrogen-bond acceptors (Lipinski definition) is 3. The van der Waals surface area contributed by atoms with Crippen LogP contribution >= 0.6 is 0 Å². The number of nitrogens with zero attached hydrogens (tertiary/aromatic N) is 1. The fourth-order valence-corrected chi connectivity index (χ4v) is 4.45. The fraction of sp³-hybridized carbons (Fsp3) is 0.375. The van der Waals surface area contributed by atoms with Gasteiger partial charge in [-0.2, -0.15) is 0 Å². The minimum atomic E-state index is -0.805. The number of urea groups is 1. The number of benzene rings is 2. The molecule has 0 radical (unpaired) electrons. The number of amides is 3. The Balaban J connectivity index is 1.44. The Morgan fingerprint density at radius 3 is 2.24 bits per heavy atom. The van der Waals surface area contributed by atoms with Gasteiger partial charge < -0.3 is 5.32 Å².